The van der Waals surface area contributed by atoms with Crippen molar-refractivity contribution < 1.29 is 47.9 Å². The van der Waals surface area contributed by atoms with Gasteiger partial charge in [-0.2, -0.15) is 0 Å². The van der Waals surface area contributed by atoms with Crippen LogP contribution in [0.4, 0.5) is 0 Å². The summed E-state index contributed by atoms with van der Waals surface area (Å²) in [6, 6.07) is 9.79. The molecule has 0 aliphatic carbocycles. The van der Waals surface area contributed by atoms with E-state index >= 15 is 0 Å². The van der Waals surface area contributed by atoms with Gasteiger partial charge in [0.05, 0.1) is 0 Å². The van der Waals surface area contributed by atoms with E-state index in [1.165, 1.54) is 93.6 Å². The van der Waals surface area contributed by atoms with Crippen molar-refractivity contribution in [3.05, 3.63) is 12.2 Å². The molecule has 494 valence electrons. The molecular formula is C58H119N11O10Si7. The highest BCUT2D eigenvalue weighted by molar-refractivity contribution is 6.95. The highest BCUT2D eigenvalue weighted by atomic mass is 28.4. The largest absolute Gasteiger partial charge is 0.382 e. The zero-order chi connectivity index (χ0) is 65.5. The second kappa shape index (κ2) is 38.8. The average Bonchev–Trinajstić information content (AvgIpc) is 3.02. The first-order chi connectivity index (χ1) is 39.6. The maximum absolute atomic E-state index is 10.8. The molecule has 21 nitrogen and oxygen atoms in total. The normalized spacial score (nSPS) is 24.8. The van der Waals surface area contributed by atoms with Crippen LogP contribution in [-0.2, 0) is 47.9 Å². The Labute approximate surface area is 525 Å². The number of amides is 10. The molecule has 0 aromatic heterocycles. The van der Waals surface area contributed by atoms with Crippen LogP contribution in [0, 0.1) is 0 Å². The van der Waals surface area contributed by atoms with E-state index < -0.39 is 57.6 Å². The van der Waals surface area contributed by atoms with Crippen molar-refractivity contribution in [1.82, 2.24) is 56.1 Å². The second-order valence-electron chi connectivity index (χ2n) is 29.3. The molecule has 0 saturated carbocycles. The standard InChI is InChI=1S/C8H19NSi.C6H13NOSi.C6H17NSi2.C6H15NSi.C5H7NO2.C5H11NOSi.C5H9NO.C5H13NSi.C4H5NO2.C4H3NO2.C4H7NO/c1-8(2)6-5-7-10(3,4)9-8;1-9(2)5-3-4-6(8)7-9;1-8(2)5-6-9(3,4)7-8;1-8(2)6-4-3-5-7-8;7-4-2-1-3-5(8)6-4;1-8(2)4-3-5(7)6-8;7-5-3-1-2-4-6-5;1-7(2)5-3-4-6-7;2*6-3-1-2-4(7)5-3;6-4-2-1-3-5-4/h9H,5-7H2,1-4H3;3-5H2,1-2H3,(H,7,8);7H,5-6H2,1-4H3;7H,3-6H2,1-2H3;1-3H2,(H,6,7,8);3-4H2,1-2H3,(H,6,7);1-4H2,(H,6,7);6H,3-5H2,1-2H3;1-2H2,(H,5,6,7);1-2H,(H,5,6,7);1-3H2,(H,5,6). The molecule has 11 rings (SSSR count). The van der Waals surface area contributed by atoms with E-state index in [1.807, 2.05) is 5.32 Å². The summed E-state index contributed by atoms with van der Waals surface area (Å²) in [4.78, 5) is 120. The lowest BCUT2D eigenvalue weighted by molar-refractivity contribution is -0.133. The van der Waals surface area contributed by atoms with Gasteiger partial charge in [-0.25, -0.2) is 0 Å². The Morgan fingerprint density at radius 3 is 0.919 bits per heavy atom. The summed E-state index contributed by atoms with van der Waals surface area (Å²) in [6.07, 6.45) is 19.3. The predicted molar refractivity (Wildman–Crippen MR) is 366 cm³/mol. The van der Waals surface area contributed by atoms with E-state index in [9.17, 15) is 47.9 Å². The van der Waals surface area contributed by atoms with Crippen molar-refractivity contribution in [3.63, 3.8) is 0 Å². The summed E-state index contributed by atoms with van der Waals surface area (Å²) >= 11 is 0. The third-order valence-electron chi connectivity index (χ3n) is 15.5. The van der Waals surface area contributed by atoms with Crippen molar-refractivity contribution in [2.24, 2.45) is 0 Å². The van der Waals surface area contributed by atoms with Crippen LogP contribution in [0.15, 0.2) is 12.2 Å². The minimum absolute atomic E-state index is 0.138. The monoisotopic (exact) mass is 1330 g/mol. The van der Waals surface area contributed by atoms with E-state index in [1.54, 1.807) is 0 Å². The maximum Gasteiger partial charge on any atom is 0.250 e. The summed E-state index contributed by atoms with van der Waals surface area (Å²) in [5.41, 5.74) is 0.425. The zero-order valence-electron chi connectivity index (χ0n) is 56.2. The van der Waals surface area contributed by atoms with Crippen LogP contribution >= 0.6 is 0 Å². The van der Waals surface area contributed by atoms with Gasteiger partial charge in [0.2, 0.25) is 47.3 Å². The molecule has 11 N–H and O–H groups in total. The van der Waals surface area contributed by atoms with Crippen LogP contribution in [0.1, 0.15) is 129 Å². The van der Waals surface area contributed by atoms with Gasteiger partial charge >= 0.3 is 0 Å². The van der Waals surface area contributed by atoms with Crippen LogP contribution in [-0.4, -0.2) is 148 Å². The number of hydrogen-bond donors (Lipinski definition) is 11. The Morgan fingerprint density at radius 2 is 0.709 bits per heavy atom. The lowest BCUT2D eigenvalue weighted by atomic mass is 10.0. The third kappa shape index (κ3) is 43.1. The zero-order valence-corrected chi connectivity index (χ0v) is 63.2. The number of rotatable bonds is 0. The molecule has 0 spiro atoms. The Hall–Kier alpha value is -3.60. The Kier molecular flexibility index (Phi) is 36.3. The van der Waals surface area contributed by atoms with Crippen molar-refractivity contribution in [1.29, 1.82) is 0 Å². The number of nitrogens with one attached hydrogen (secondary N) is 11. The first-order valence-corrected chi connectivity index (χ1v) is 54.5. The third-order valence-corrected chi connectivity index (χ3v) is 38.0. The molecule has 0 bridgehead atoms. The Morgan fingerprint density at radius 1 is 0.314 bits per heavy atom. The molecule has 0 radical (unpaired) electrons. The second-order valence-corrected chi connectivity index (χ2v) is 61.6. The lowest BCUT2D eigenvalue weighted by Gasteiger charge is -2.41. The first kappa shape index (κ1) is 80.4. The van der Waals surface area contributed by atoms with Crippen molar-refractivity contribution >= 4 is 117 Å². The first-order valence-electron chi connectivity index (χ1n) is 32.0. The van der Waals surface area contributed by atoms with Gasteiger partial charge in [-0.15, -0.1) is 0 Å². The summed E-state index contributed by atoms with van der Waals surface area (Å²) in [5, 5.41) is 11.8. The van der Waals surface area contributed by atoms with E-state index in [-0.39, 0.29) is 59.1 Å². The molecule has 0 atom stereocenters. The molecule has 11 aliphatic rings. The van der Waals surface area contributed by atoms with E-state index in [2.05, 4.69) is 156 Å². The van der Waals surface area contributed by atoms with Crippen LogP contribution in [0.2, 0.25) is 134 Å². The Balaban J connectivity index is 0.000000474. The highest BCUT2D eigenvalue weighted by Gasteiger charge is 2.38. The summed E-state index contributed by atoms with van der Waals surface area (Å²) < 4.78 is 3.85. The average molecular weight is 1330 g/mol. The van der Waals surface area contributed by atoms with E-state index in [0.717, 1.165) is 70.5 Å². The molecule has 11 heterocycles. The summed E-state index contributed by atoms with van der Waals surface area (Å²) in [5.74, 6) is -0.298. The fraction of sp³-hybridized carbons (Fsp3) is 0.793. The number of piperidine rings is 2. The molecule has 10 fully saturated rings. The Bertz CT molecular complexity index is 2160. The number of hydrogen-bond acceptors (Lipinski definition) is 14. The van der Waals surface area contributed by atoms with Crippen molar-refractivity contribution in [2.45, 2.75) is 269 Å². The summed E-state index contributed by atoms with van der Waals surface area (Å²) in [7, 11) is -6.79. The van der Waals surface area contributed by atoms with Crippen LogP contribution in [0.5, 0.6) is 0 Å². The van der Waals surface area contributed by atoms with Gasteiger partial charge < -0.3 is 40.2 Å². The molecule has 86 heavy (non-hydrogen) atoms. The molecule has 10 saturated heterocycles. The minimum atomic E-state index is -1.25. The fourth-order valence-corrected chi connectivity index (χ4v) is 35.5. The number of carbonyl (C=O) groups is 10. The molecule has 11 aliphatic heterocycles. The van der Waals surface area contributed by atoms with Gasteiger partial charge in [-0.05, 0) is 121 Å². The number of carbonyl (C=O) groups excluding carboxylic acids is 10. The van der Waals surface area contributed by atoms with Crippen LogP contribution in [0.3, 0.4) is 0 Å². The van der Waals surface area contributed by atoms with E-state index in [4.69, 9.17) is 0 Å². The van der Waals surface area contributed by atoms with Gasteiger partial charge in [0.1, 0.15) is 41.2 Å². The minimum Gasteiger partial charge on any atom is -0.382 e. The van der Waals surface area contributed by atoms with Gasteiger partial charge in [0.15, 0.2) is 16.5 Å². The van der Waals surface area contributed by atoms with Gasteiger partial charge in [-0.1, -0.05) is 104 Å². The molecular weight excluding hydrogens is 1210 g/mol. The van der Waals surface area contributed by atoms with E-state index in [0.29, 0.717) is 37.6 Å². The van der Waals surface area contributed by atoms with Crippen molar-refractivity contribution in [2.75, 3.05) is 26.2 Å². The van der Waals surface area contributed by atoms with Gasteiger partial charge in [0, 0.05) is 82.1 Å². The lowest BCUT2D eigenvalue weighted by Crippen LogP contribution is -2.58. The van der Waals surface area contributed by atoms with Crippen molar-refractivity contribution in [3.8, 4) is 0 Å². The fourth-order valence-electron chi connectivity index (χ4n) is 10.9. The maximum atomic E-state index is 10.8. The van der Waals surface area contributed by atoms with Crippen LogP contribution in [0.25, 0.3) is 0 Å². The van der Waals surface area contributed by atoms with Crippen LogP contribution < -0.4 is 56.1 Å². The topological polar surface area (TPSA) is 303 Å². The van der Waals surface area contributed by atoms with Gasteiger partial charge in [0.25, 0.3) is 11.8 Å². The molecule has 0 unspecified atom stereocenters. The quantitative estimate of drug-likeness (QED) is 0.0825. The molecule has 10 amide bonds. The highest BCUT2D eigenvalue weighted by Crippen LogP contribution is 2.27. The number of imide groups is 3. The molecule has 0 aromatic rings. The summed E-state index contributed by atoms with van der Waals surface area (Å²) in [6.45, 7) is 41.9. The smallest absolute Gasteiger partial charge is 0.250 e. The van der Waals surface area contributed by atoms with Gasteiger partial charge in [-0.3, -0.25) is 63.9 Å². The molecule has 28 heteroatoms. The predicted octanol–water partition coefficient (Wildman–Crippen LogP) is 7.54. The molecule has 0 aromatic carbocycles. The SMILES string of the molecule is CC1(C)CCC[Si](C)(C)N1.C[Si]1(C)CCC(=O)N1.C[Si]1(C)CCCC(=O)N1.C[Si]1(C)CCCCN1.C[Si]1(C)CCCN1.C[Si]1(C)CC[Si](C)(C)N1.O=C1C=CC(=O)N1.O=C1CCC(=O)N1.O=C1CCCC(=O)N1.O=C1CCCCN1.O=C1CCCN1.